The molecule has 4 rings (SSSR count). The lowest BCUT2D eigenvalue weighted by Crippen LogP contribution is -2.37. The zero-order valence-corrected chi connectivity index (χ0v) is 16.5. The van der Waals surface area contributed by atoms with E-state index in [1.54, 1.807) is 35.1 Å². The molecule has 1 aliphatic rings. The van der Waals surface area contributed by atoms with Gasteiger partial charge in [-0.05, 0) is 36.4 Å². The van der Waals surface area contributed by atoms with Gasteiger partial charge in [-0.1, -0.05) is 6.07 Å². The van der Waals surface area contributed by atoms with Crippen LogP contribution in [-0.4, -0.2) is 40.0 Å². The average molecular weight is 400 g/mol. The minimum Gasteiger partial charge on any atom is -0.376 e. The maximum absolute atomic E-state index is 13.0. The molecule has 0 aromatic carbocycles. The number of ether oxygens (including phenoxy) is 1. The van der Waals surface area contributed by atoms with E-state index in [1.807, 2.05) is 33.9 Å². The highest BCUT2D eigenvalue weighted by Gasteiger charge is 2.23. The Kier molecular flexibility index (Phi) is 5.91. The first kappa shape index (κ1) is 18.3. The van der Waals surface area contributed by atoms with Gasteiger partial charge < -0.3 is 9.64 Å². The summed E-state index contributed by atoms with van der Waals surface area (Å²) in [6.07, 6.45) is 6.10. The maximum atomic E-state index is 13.0. The van der Waals surface area contributed by atoms with E-state index in [4.69, 9.17) is 4.74 Å². The standard InChI is InChI=1S/C20H21N3O2S2/c24-19(10-16-14-27-20(22-16)15-4-1-7-21-11-15)23(12-17-5-2-8-25-17)13-18-6-3-9-26-18/h1,3-4,6-7,9,11,14,17H,2,5,8,10,12-13H2. The van der Waals surface area contributed by atoms with Gasteiger partial charge in [0.1, 0.15) is 5.01 Å². The largest absolute Gasteiger partial charge is 0.376 e. The first-order chi connectivity index (χ1) is 13.3. The molecule has 1 saturated heterocycles. The lowest BCUT2D eigenvalue weighted by Gasteiger charge is -2.25. The van der Waals surface area contributed by atoms with Gasteiger partial charge in [0.05, 0.1) is 24.8 Å². The molecule has 7 heteroatoms. The Morgan fingerprint density at radius 2 is 2.26 bits per heavy atom. The molecule has 0 bridgehead atoms. The summed E-state index contributed by atoms with van der Waals surface area (Å²) in [7, 11) is 0. The van der Waals surface area contributed by atoms with Crippen LogP contribution in [0.3, 0.4) is 0 Å². The van der Waals surface area contributed by atoms with Crippen molar-refractivity contribution in [2.24, 2.45) is 0 Å². The Morgan fingerprint density at radius 3 is 3.00 bits per heavy atom. The molecule has 0 N–H and O–H groups in total. The van der Waals surface area contributed by atoms with Crippen molar-refractivity contribution in [3.63, 3.8) is 0 Å². The van der Waals surface area contributed by atoms with E-state index >= 15 is 0 Å². The SMILES string of the molecule is O=C(Cc1csc(-c2cccnc2)n1)N(Cc1cccs1)CC1CCCO1. The van der Waals surface area contributed by atoms with Crippen molar-refractivity contribution in [2.45, 2.75) is 31.9 Å². The van der Waals surface area contributed by atoms with Crippen molar-refractivity contribution < 1.29 is 9.53 Å². The fourth-order valence-corrected chi connectivity index (χ4v) is 4.69. The van der Waals surface area contributed by atoms with Gasteiger partial charge >= 0.3 is 0 Å². The van der Waals surface area contributed by atoms with E-state index < -0.39 is 0 Å². The van der Waals surface area contributed by atoms with Gasteiger partial charge in [0.25, 0.3) is 0 Å². The number of hydrogen-bond donors (Lipinski definition) is 0. The van der Waals surface area contributed by atoms with Gasteiger partial charge in [0.15, 0.2) is 0 Å². The van der Waals surface area contributed by atoms with Crippen LogP contribution in [-0.2, 0) is 22.5 Å². The number of nitrogens with zero attached hydrogens (tertiary/aromatic N) is 3. The van der Waals surface area contributed by atoms with Crippen molar-refractivity contribution in [3.8, 4) is 10.6 Å². The molecule has 1 aliphatic heterocycles. The third-order valence-corrected chi connectivity index (χ3v) is 6.32. The molecule has 0 saturated carbocycles. The fraction of sp³-hybridized carbons (Fsp3) is 0.350. The van der Waals surface area contributed by atoms with E-state index in [-0.39, 0.29) is 12.0 Å². The summed E-state index contributed by atoms with van der Waals surface area (Å²) in [5.74, 6) is 0.0990. The summed E-state index contributed by atoms with van der Waals surface area (Å²) in [5.41, 5.74) is 1.79. The monoisotopic (exact) mass is 399 g/mol. The number of thiophene rings is 1. The molecule has 4 heterocycles. The molecule has 1 unspecified atom stereocenters. The van der Waals surface area contributed by atoms with E-state index in [0.29, 0.717) is 19.5 Å². The number of pyridine rings is 1. The number of rotatable bonds is 7. The molecule has 0 aliphatic carbocycles. The predicted octanol–water partition coefficient (Wildman–Crippen LogP) is 4.02. The Morgan fingerprint density at radius 1 is 1.30 bits per heavy atom. The van der Waals surface area contributed by atoms with Gasteiger partial charge in [0.2, 0.25) is 5.91 Å². The molecule has 0 radical (unpaired) electrons. The van der Waals surface area contributed by atoms with Crippen LogP contribution < -0.4 is 0 Å². The van der Waals surface area contributed by atoms with Gasteiger partial charge in [-0.25, -0.2) is 4.98 Å². The van der Waals surface area contributed by atoms with Crippen molar-refractivity contribution in [1.82, 2.24) is 14.9 Å². The number of carbonyl (C=O) groups excluding carboxylic acids is 1. The van der Waals surface area contributed by atoms with Crippen LogP contribution in [0.25, 0.3) is 10.6 Å². The van der Waals surface area contributed by atoms with E-state index in [9.17, 15) is 4.79 Å². The van der Waals surface area contributed by atoms with Crippen LogP contribution in [0.4, 0.5) is 0 Å². The zero-order chi connectivity index (χ0) is 18.5. The summed E-state index contributed by atoms with van der Waals surface area (Å²) in [6, 6.07) is 7.98. The smallest absolute Gasteiger partial charge is 0.229 e. The van der Waals surface area contributed by atoms with E-state index in [1.165, 1.54) is 4.88 Å². The van der Waals surface area contributed by atoms with Crippen LogP contribution in [0.15, 0.2) is 47.4 Å². The van der Waals surface area contributed by atoms with Crippen LogP contribution in [0.5, 0.6) is 0 Å². The molecule has 5 nitrogen and oxygen atoms in total. The minimum absolute atomic E-state index is 0.0990. The molecule has 1 fully saturated rings. The molecule has 3 aromatic rings. The number of thiazole rings is 1. The molecular formula is C20H21N3O2S2. The van der Waals surface area contributed by atoms with Crippen LogP contribution in [0.2, 0.25) is 0 Å². The summed E-state index contributed by atoms with van der Waals surface area (Å²) in [6.45, 7) is 2.08. The van der Waals surface area contributed by atoms with E-state index in [2.05, 4.69) is 16.0 Å². The molecule has 3 aromatic heterocycles. The normalized spacial score (nSPS) is 16.5. The highest BCUT2D eigenvalue weighted by atomic mass is 32.1. The molecule has 0 spiro atoms. The summed E-state index contributed by atoms with van der Waals surface area (Å²) >= 11 is 3.23. The molecule has 1 amide bonds. The number of aromatic nitrogens is 2. The van der Waals surface area contributed by atoms with Crippen LogP contribution >= 0.6 is 22.7 Å². The lowest BCUT2D eigenvalue weighted by atomic mass is 10.2. The highest BCUT2D eigenvalue weighted by molar-refractivity contribution is 7.13. The summed E-state index contributed by atoms with van der Waals surface area (Å²) < 4.78 is 5.75. The third-order valence-electron chi connectivity index (χ3n) is 4.52. The Labute approximate surface area is 166 Å². The summed E-state index contributed by atoms with van der Waals surface area (Å²) in [5, 5.41) is 4.91. The second-order valence-electron chi connectivity index (χ2n) is 6.55. The Hall–Kier alpha value is -2.09. The highest BCUT2D eigenvalue weighted by Crippen LogP contribution is 2.24. The molecule has 27 heavy (non-hydrogen) atoms. The van der Waals surface area contributed by atoms with Gasteiger partial charge in [-0.2, -0.15) is 0 Å². The Bertz CT molecular complexity index is 859. The quantitative estimate of drug-likeness (QED) is 0.602. The van der Waals surface area contributed by atoms with E-state index in [0.717, 1.165) is 35.7 Å². The minimum atomic E-state index is 0.0990. The maximum Gasteiger partial charge on any atom is 0.229 e. The number of carbonyl (C=O) groups is 1. The van der Waals surface area contributed by atoms with Gasteiger partial charge in [0, 0.05) is 41.4 Å². The van der Waals surface area contributed by atoms with Gasteiger partial charge in [-0.3, -0.25) is 9.78 Å². The topological polar surface area (TPSA) is 55.3 Å². The summed E-state index contributed by atoms with van der Waals surface area (Å²) in [4.78, 5) is 24.9. The third kappa shape index (κ3) is 4.80. The average Bonchev–Trinajstić information content (AvgIpc) is 3.45. The number of hydrogen-bond acceptors (Lipinski definition) is 6. The fourth-order valence-electron chi connectivity index (χ4n) is 3.16. The molecule has 140 valence electrons. The second-order valence-corrected chi connectivity index (χ2v) is 8.44. The lowest BCUT2D eigenvalue weighted by molar-refractivity contribution is -0.132. The molecule has 1 atom stereocenters. The van der Waals surface area contributed by atoms with Crippen LogP contribution in [0.1, 0.15) is 23.4 Å². The van der Waals surface area contributed by atoms with Gasteiger partial charge in [-0.15, -0.1) is 22.7 Å². The zero-order valence-electron chi connectivity index (χ0n) is 14.9. The van der Waals surface area contributed by atoms with Crippen molar-refractivity contribution in [3.05, 3.63) is 58.0 Å². The molecular weight excluding hydrogens is 378 g/mol. The first-order valence-corrected chi connectivity index (χ1v) is 10.8. The van der Waals surface area contributed by atoms with Crippen LogP contribution in [0, 0.1) is 0 Å². The first-order valence-electron chi connectivity index (χ1n) is 9.04. The second kappa shape index (κ2) is 8.73. The predicted molar refractivity (Wildman–Crippen MR) is 108 cm³/mol. The van der Waals surface area contributed by atoms with Crippen molar-refractivity contribution in [1.29, 1.82) is 0 Å². The number of amides is 1. The van der Waals surface area contributed by atoms with Crippen molar-refractivity contribution >= 4 is 28.6 Å². The van der Waals surface area contributed by atoms with Crippen molar-refractivity contribution in [2.75, 3.05) is 13.2 Å². The Balaban J connectivity index is 1.45.